The van der Waals surface area contributed by atoms with Gasteiger partial charge in [-0.25, -0.2) is 13.6 Å². The number of aromatic amines is 1. The third-order valence-corrected chi connectivity index (χ3v) is 5.95. The molecule has 1 aliphatic heterocycles. The minimum absolute atomic E-state index is 0.0175. The van der Waals surface area contributed by atoms with Gasteiger partial charge in [0.05, 0.1) is 28.2 Å². The number of benzene rings is 2. The lowest BCUT2D eigenvalue weighted by Gasteiger charge is -2.37. The van der Waals surface area contributed by atoms with Gasteiger partial charge >= 0.3 is 6.03 Å². The SMILES string of the molecule is CN(C)C(=O)N1CCN(c2c(F)cc3[nH]c(-c4cc(C#N)ccc4Cl)cc(=O)c3c2F)CC1. The van der Waals surface area contributed by atoms with Crippen LogP contribution in [0.4, 0.5) is 19.3 Å². The molecule has 1 fully saturated rings. The number of anilines is 1. The predicted molar refractivity (Wildman–Crippen MR) is 123 cm³/mol. The predicted octanol–water partition coefficient (Wildman–Crippen LogP) is 3.80. The van der Waals surface area contributed by atoms with E-state index in [9.17, 15) is 9.59 Å². The van der Waals surface area contributed by atoms with Gasteiger partial charge < -0.3 is 19.7 Å². The van der Waals surface area contributed by atoms with Gasteiger partial charge in [-0.1, -0.05) is 11.6 Å². The van der Waals surface area contributed by atoms with Crippen LogP contribution in [0.5, 0.6) is 0 Å². The molecule has 0 atom stereocenters. The number of rotatable bonds is 2. The lowest BCUT2D eigenvalue weighted by atomic mass is 10.1. The van der Waals surface area contributed by atoms with Gasteiger partial charge in [0.2, 0.25) is 0 Å². The topological polar surface area (TPSA) is 83.4 Å². The number of halogens is 3. The molecule has 33 heavy (non-hydrogen) atoms. The van der Waals surface area contributed by atoms with Gasteiger partial charge in [-0.2, -0.15) is 5.26 Å². The fraction of sp³-hybridized carbons (Fsp3) is 0.261. The second kappa shape index (κ2) is 8.71. The smallest absolute Gasteiger partial charge is 0.319 e. The van der Waals surface area contributed by atoms with Crippen molar-refractivity contribution in [3.8, 4) is 17.3 Å². The van der Waals surface area contributed by atoms with E-state index in [0.717, 1.165) is 6.07 Å². The summed E-state index contributed by atoms with van der Waals surface area (Å²) < 4.78 is 30.5. The second-order valence-electron chi connectivity index (χ2n) is 7.95. The Balaban J connectivity index is 1.74. The Hall–Kier alpha value is -3.64. The number of nitriles is 1. The third-order valence-electron chi connectivity index (χ3n) is 5.62. The number of piperazine rings is 1. The summed E-state index contributed by atoms with van der Waals surface area (Å²) in [5.74, 6) is -1.78. The summed E-state index contributed by atoms with van der Waals surface area (Å²) in [6.07, 6.45) is 0. The molecule has 3 aromatic rings. The number of aromatic nitrogens is 1. The Kier molecular flexibility index (Phi) is 5.95. The summed E-state index contributed by atoms with van der Waals surface area (Å²) >= 11 is 6.22. The molecule has 0 radical (unpaired) electrons. The standard InChI is InChI=1S/C23H20ClF2N5O2/c1-29(2)23(33)31-7-5-30(6-8-31)22-16(25)10-18-20(21(22)26)19(32)11-17(28-18)14-9-13(12-27)3-4-15(14)24/h3-4,9-11H,5-8H2,1-2H3,(H,28,32). The van der Waals surface area contributed by atoms with Crippen molar-refractivity contribution < 1.29 is 13.6 Å². The molecule has 2 amide bonds. The maximum absolute atomic E-state index is 15.4. The van der Waals surface area contributed by atoms with Crippen LogP contribution >= 0.6 is 11.6 Å². The van der Waals surface area contributed by atoms with E-state index in [4.69, 9.17) is 16.9 Å². The van der Waals surface area contributed by atoms with Crippen molar-refractivity contribution >= 4 is 34.2 Å². The highest BCUT2D eigenvalue weighted by Crippen LogP contribution is 2.32. The quantitative estimate of drug-likeness (QED) is 0.616. The Labute approximate surface area is 193 Å². The average molecular weight is 472 g/mol. The molecule has 1 aliphatic rings. The van der Waals surface area contributed by atoms with Crippen LogP contribution in [-0.4, -0.2) is 61.1 Å². The molecule has 1 N–H and O–H groups in total. The van der Waals surface area contributed by atoms with E-state index in [-0.39, 0.29) is 46.4 Å². The average Bonchev–Trinajstić information content (AvgIpc) is 2.78. The molecule has 2 heterocycles. The minimum atomic E-state index is -0.956. The summed E-state index contributed by atoms with van der Waals surface area (Å²) in [5.41, 5.74) is 0.00357. The molecular formula is C23H20ClF2N5O2. The fourth-order valence-corrected chi connectivity index (χ4v) is 4.19. The molecular weight excluding hydrogens is 452 g/mol. The van der Waals surface area contributed by atoms with E-state index in [1.54, 1.807) is 19.0 Å². The van der Waals surface area contributed by atoms with Crippen molar-refractivity contribution in [3.05, 3.63) is 62.8 Å². The van der Waals surface area contributed by atoms with E-state index >= 15 is 8.78 Å². The maximum Gasteiger partial charge on any atom is 0.319 e. The van der Waals surface area contributed by atoms with E-state index in [1.807, 2.05) is 6.07 Å². The highest BCUT2D eigenvalue weighted by molar-refractivity contribution is 6.33. The zero-order chi connectivity index (χ0) is 23.9. The molecule has 0 saturated carbocycles. The van der Waals surface area contributed by atoms with Gasteiger partial charge in [-0.05, 0) is 18.2 Å². The van der Waals surface area contributed by atoms with E-state index in [0.29, 0.717) is 24.2 Å². The van der Waals surface area contributed by atoms with Crippen LogP contribution in [0.2, 0.25) is 5.02 Å². The molecule has 1 aromatic heterocycles. The molecule has 170 valence electrons. The summed E-state index contributed by atoms with van der Waals surface area (Å²) in [7, 11) is 3.28. The van der Waals surface area contributed by atoms with Crippen molar-refractivity contribution in [2.45, 2.75) is 0 Å². The van der Waals surface area contributed by atoms with Crippen molar-refractivity contribution in [3.63, 3.8) is 0 Å². The summed E-state index contributed by atoms with van der Waals surface area (Å²) in [4.78, 5) is 32.4. The van der Waals surface area contributed by atoms with Gasteiger partial charge in [-0.15, -0.1) is 0 Å². The number of urea groups is 1. The molecule has 10 heteroatoms. The number of hydrogen-bond donors (Lipinski definition) is 1. The van der Waals surface area contributed by atoms with Gasteiger partial charge in [0.1, 0.15) is 5.69 Å². The largest absolute Gasteiger partial charge is 0.363 e. The highest BCUT2D eigenvalue weighted by atomic mass is 35.5. The number of carbonyl (C=O) groups is 1. The second-order valence-corrected chi connectivity index (χ2v) is 8.36. The number of fused-ring (bicyclic) bond motifs is 1. The number of carbonyl (C=O) groups excluding carboxylic acids is 1. The van der Waals surface area contributed by atoms with Crippen LogP contribution in [0.1, 0.15) is 5.56 Å². The first-order chi connectivity index (χ1) is 15.7. The minimum Gasteiger partial charge on any atom is -0.363 e. The number of hydrogen-bond acceptors (Lipinski definition) is 4. The van der Waals surface area contributed by atoms with Gasteiger partial charge in [-0.3, -0.25) is 4.79 Å². The third kappa shape index (κ3) is 4.10. The first-order valence-corrected chi connectivity index (χ1v) is 10.5. The summed E-state index contributed by atoms with van der Waals surface area (Å²) in [6, 6.07) is 8.63. The number of amides is 2. The number of H-pyrrole nitrogens is 1. The molecule has 1 saturated heterocycles. The van der Waals surface area contributed by atoms with Crippen molar-refractivity contribution in [2.24, 2.45) is 0 Å². The van der Waals surface area contributed by atoms with Crippen LogP contribution in [0.3, 0.4) is 0 Å². The Bertz CT molecular complexity index is 1360. The van der Waals surface area contributed by atoms with Crippen molar-refractivity contribution in [1.29, 1.82) is 5.26 Å². The normalized spacial score (nSPS) is 13.8. The lowest BCUT2D eigenvalue weighted by Crippen LogP contribution is -2.51. The van der Waals surface area contributed by atoms with Gasteiger partial charge in [0.15, 0.2) is 17.1 Å². The molecule has 0 unspecified atom stereocenters. The van der Waals surface area contributed by atoms with Crippen molar-refractivity contribution in [2.75, 3.05) is 45.2 Å². The molecule has 4 rings (SSSR count). The van der Waals surface area contributed by atoms with Gasteiger partial charge in [0, 0.05) is 63.0 Å². The van der Waals surface area contributed by atoms with E-state index < -0.39 is 17.1 Å². The Morgan fingerprint density at radius 1 is 1.15 bits per heavy atom. The highest BCUT2D eigenvalue weighted by Gasteiger charge is 2.27. The number of pyridine rings is 1. The lowest BCUT2D eigenvalue weighted by molar-refractivity contribution is 0.167. The molecule has 0 bridgehead atoms. The van der Waals surface area contributed by atoms with Crippen LogP contribution < -0.4 is 10.3 Å². The van der Waals surface area contributed by atoms with Crippen LogP contribution in [0.25, 0.3) is 22.2 Å². The number of nitrogens with zero attached hydrogens (tertiary/aromatic N) is 4. The first kappa shape index (κ1) is 22.6. The molecule has 2 aromatic carbocycles. The maximum atomic E-state index is 15.4. The monoisotopic (exact) mass is 471 g/mol. The first-order valence-electron chi connectivity index (χ1n) is 10.2. The summed E-state index contributed by atoms with van der Waals surface area (Å²) in [5, 5.41) is 9.15. The number of nitrogens with one attached hydrogen (secondary N) is 1. The zero-order valence-electron chi connectivity index (χ0n) is 18.0. The van der Waals surface area contributed by atoms with Crippen LogP contribution in [0, 0.1) is 23.0 Å². The fourth-order valence-electron chi connectivity index (χ4n) is 3.97. The van der Waals surface area contributed by atoms with Crippen LogP contribution in [-0.2, 0) is 0 Å². The van der Waals surface area contributed by atoms with E-state index in [1.165, 1.54) is 34.1 Å². The molecule has 7 nitrogen and oxygen atoms in total. The molecule has 0 aliphatic carbocycles. The van der Waals surface area contributed by atoms with Crippen molar-refractivity contribution in [1.82, 2.24) is 14.8 Å². The summed E-state index contributed by atoms with van der Waals surface area (Å²) in [6.45, 7) is 1.06. The van der Waals surface area contributed by atoms with Crippen LogP contribution in [0.15, 0.2) is 35.1 Å². The Morgan fingerprint density at radius 2 is 1.85 bits per heavy atom. The molecule has 0 spiro atoms. The van der Waals surface area contributed by atoms with E-state index in [2.05, 4.69) is 4.98 Å². The zero-order valence-corrected chi connectivity index (χ0v) is 18.7. The Morgan fingerprint density at radius 3 is 2.48 bits per heavy atom. The van der Waals surface area contributed by atoms with Gasteiger partial charge in [0.25, 0.3) is 0 Å².